The fraction of sp³-hybridized carbons (Fsp3) is 0.500. The van der Waals surface area contributed by atoms with E-state index in [1.165, 1.54) is 30.2 Å². The van der Waals surface area contributed by atoms with Gasteiger partial charge in [0.2, 0.25) is 0 Å². The fourth-order valence-electron chi connectivity index (χ4n) is 2.21. The number of likely N-dealkylation sites (tertiary alicyclic amines) is 1. The van der Waals surface area contributed by atoms with Gasteiger partial charge in [0.15, 0.2) is 0 Å². The number of halogens is 1. The van der Waals surface area contributed by atoms with Crippen molar-refractivity contribution in [2.24, 2.45) is 5.92 Å². The van der Waals surface area contributed by atoms with Crippen LogP contribution in [0.5, 0.6) is 5.75 Å². The molecule has 0 radical (unpaired) electrons. The van der Waals surface area contributed by atoms with E-state index in [-0.39, 0.29) is 24.2 Å². The van der Waals surface area contributed by atoms with Crippen LogP contribution in [0.1, 0.15) is 13.3 Å². The molecule has 5 nitrogen and oxygen atoms in total. The summed E-state index contributed by atoms with van der Waals surface area (Å²) in [6.45, 7) is 2.81. The molecule has 0 aromatic heterocycles. The maximum Gasteiger partial charge on any atom is 0.322 e. The van der Waals surface area contributed by atoms with Gasteiger partial charge in [-0.2, -0.15) is 0 Å². The summed E-state index contributed by atoms with van der Waals surface area (Å²) in [6.07, 6.45) is 0.221. The highest BCUT2D eigenvalue weighted by molar-refractivity contribution is 5.91. The molecule has 2 unspecified atom stereocenters. The molecule has 1 heterocycles. The van der Waals surface area contributed by atoms with Gasteiger partial charge in [0.25, 0.3) is 0 Å². The summed E-state index contributed by atoms with van der Waals surface area (Å²) >= 11 is 0. The highest BCUT2D eigenvalue weighted by atomic mass is 19.1. The van der Waals surface area contributed by atoms with Crippen LogP contribution in [-0.4, -0.2) is 42.3 Å². The van der Waals surface area contributed by atoms with Gasteiger partial charge >= 0.3 is 6.03 Å². The number of hydrogen-bond donors (Lipinski definition) is 2. The molecule has 2 rings (SSSR count). The van der Waals surface area contributed by atoms with Gasteiger partial charge in [0, 0.05) is 19.2 Å². The first-order valence-electron chi connectivity index (χ1n) is 6.58. The molecular formula is C14H19FN2O3. The maximum atomic E-state index is 13.2. The van der Waals surface area contributed by atoms with Gasteiger partial charge in [-0.1, -0.05) is 6.92 Å². The Labute approximate surface area is 117 Å². The molecule has 20 heavy (non-hydrogen) atoms. The molecule has 1 saturated heterocycles. The quantitative estimate of drug-likeness (QED) is 0.873. The fourth-order valence-corrected chi connectivity index (χ4v) is 2.21. The van der Waals surface area contributed by atoms with Crippen LogP contribution in [0.4, 0.5) is 14.9 Å². The minimum Gasteiger partial charge on any atom is -0.495 e. The largest absolute Gasteiger partial charge is 0.495 e. The van der Waals surface area contributed by atoms with E-state index >= 15 is 0 Å². The number of anilines is 1. The van der Waals surface area contributed by atoms with Crippen molar-refractivity contribution in [3.05, 3.63) is 24.0 Å². The molecule has 2 atom stereocenters. The summed E-state index contributed by atoms with van der Waals surface area (Å²) in [5.41, 5.74) is 0.283. The predicted molar refractivity (Wildman–Crippen MR) is 73.3 cm³/mol. The van der Waals surface area contributed by atoms with Crippen molar-refractivity contribution >= 4 is 11.7 Å². The van der Waals surface area contributed by atoms with E-state index in [4.69, 9.17) is 4.74 Å². The maximum absolute atomic E-state index is 13.2. The van der Waals surface area contributed by atoms with Crippen LogP contribution < -0.4 is 10.1 Å². The first-order valence-corrected chi connectivity index (χ1v) is 6.58. The molecule has 0 aliphatic carbocycles. The number of nitrogens with zero attached hydrogens (tertiary/aromatic N) is 1. The molecule has 6 heteroatoms. The Morgan fingerprint density at radius 2 is 2.30 bits per heavy atom. The number of benzene rings is 1. The Morgan fingerprint density at radius 1 is 1.55 bits per heavy atom. The Bertz CT molecular complexity index is 495. The van der Waals surface area contributed by atoms with Gasteiger partial charge in [-0.15, -0.1) is 0 Å². The Kier molecular flexibility index (Phi) is 4.44. The lowest BCUT2D eigenvalue weighted by atomic mass is 9.96. The number of urea groups is 1. The standard InChI is InChI=1S/C14H19FN2O3/c1-9-5-6-17(8-12(9)18)14(19)16-11-7-10(15)3-4-13(11)20-2/h3-4,7,9,12,18H,5-6,8H2,1-2H3,(H,16,19). The Morgan fingerprint density at radius 3 is 2.95 bits per heavy atom. The third kappa shape index (κ3) is 3.19. The third-order valence-corrected chi connectivity index (χ3v) is 3.61. The molecule has 1 aromatic rings. The molecule has 1 aromatic carbocycles. The second-order valence-corrected chi connectivity index (χ2v) is 5.05. The molecule has 1 aliphatic rings. The molecule has 2 N–H and O–H groups in total. The normalized spacial score (nSPS) is 22.5. The second kappa shape index (κ2) is 6.09. The minimum atomic E-state index is -0.524. The SMILES string of the molecule is COc1ccc(F)cc1NC(=O)N1CCC(C)C(O)C1. The molecular weight excluding hydrogens is 263 g/mol. The van der Waals surface area contributed by atoms with E-state index in [0.29, 0.717) is 12.3 Å². The number of carbonyl (C=O) groups is 1. The van der Waals surface area contributed by atoms with E-state index in [0.717, 1.165) is 6.42 Å². The monoisotopic (exact) mass is 282 g/mol. The topological polar surface area (TPSA) is 61.8 Å². The molecule has 0 bridgehead atoms. The van der Waals surface area contributed by atoms with Gasteiger partial charge in [-0.05, 0) is 24.5 Å². The highest BCUT2D eigenvalue weighted by Crippen LogP contribution is 2.26. The molecule has 1 aliphatic heterocycles. The number of hydrogen-bond acceptors (Lipinski definition) is 3. The zero-order valence-electron chi connectivity index (χ0n) is 11.6. The van der Waals surface area contributed by atoms with Crippen LogP contribution in [0.25, 0.3) is 0 Å². The van der Waals surface area contributed by atoms with Crippen LogP contribution in [0.15, 0.2) is 18.2 Å². The van der Waals surface area contributed by atoms with Crippen molar-refractivity contribution in [3.8, 4) is 5.75 Å². The van der Waals surface area contributed by atoms with Crippen LogP contribution in [0.3, 0.4) is 0 Å². The summed E-state index contributed by atoms with van der Waals surface area (Å²) in [6, 6.07) is 3.57. The van der Waals surface area contributed by atoms with Gasteiger partial charge in [-0.25, -0.2) is 9.18 Å². The van der Waals surface area contributed by atoms with Crippen molar-refractivity contribution in [2.45, 2.75) is 19.4 Å². The number of ether oxygens (including phenoxy) is 1. The Hall–Kier alpha value is -1.82. The van der Waals surface area contributed by atoms with E-state index < -0.39 is 11.9 Å². The predicted octanol–water partition coefficient (Wildman–Crippen LogP) is 2.07. The molecule has 0 spiro atoms. The van der Waals surface area contributed by atoms with E-state index in [1.54, 1.807) is 0 Å². The van der Waals surface area contributed by atoms with Gasteiger partial charge in [-0.3, -0.25) is 0 Å². The lowest BCUT2D eigenvalue weighted by Gasteiger charge is -2.34. The van der Waals surface area contributed by atoms with Crippen molar-refractivity contribution in [1.29, 1.82) is 0 Å². The van der Waals surface area contributed by atoms with Gasteiger partial charge < -0.3 is 20.1 Å². The number of methoxy groups -OCH3 is 1. The second-order valence-electron chi connectivity index (χ2n) is 5.05. The number of aliphatic hydroxyl groups excluding tert-OH is 1. The van der Waals surface area contributed by atoms with Crippen LogP contribution in [-0.2, 0) is 0 Å². The van der Waals surface area contributed by atoms with Crippen LogP contribution in [0, 0.1) is 11.7 Å². The van der Waals surface area contributed by atoms with E-state index in [2.05, 4.69) is 5.32 Å². The molecule has 2 amide bonds. The van der Waals surface area contributed by atoms with Crippen molar-refractivity contribution in [3.63, 3.8) is 0 Å². The first-order chi connectivity index (χ1) is 9.51. The average molecular weight is 282 g/mol. The average Bonchev–Trinajstić information content (AvgIpc) is 2.42. The van der Waals surface area contributed by atoms with Crippen LogP contribution in [0.2, 0.25) is 0 Å². The van der Waals surface area contributed by atoms with Crippen molar-refractivity contribution < 1.29 is 19.0 Å². The number of nitrogens with one attached hydrogen (secondary N) is 1. The zero-order valence-corrected chi connectivity index (χ0v) is 11.6. The zero-order chi connectivity index (χ0) is 14.7. The molecule has 110 valence electrons. The van der Waals surface area contributed by atoms with Gasteiger partial charge in [0.05, 0.1) is 18.9 Å². The summed E-state index contributed by atoms with van der Waals surface area (Å²) in [7, 11) is 1.45. The highest BCUT2D eigenvalue weighted by Gasteiger charge is 2.27. The lowest BCUT2D eigenvalue weighted by Crippen LogP contribution is -2.47. The summed E-state index contributed by atoms with van der Waals surface area (Å²) in [5.74, 6) is 0.127. The summed E-state index contributed by atoms with van der Waals surface area (Å²) in [5, 5.41) is 12.4. The third-order valence-electron chi connectivity index (χ3n) is 3.61. The number of piperidine rings is 1. The number of aliphatic hydroxyl groups is 1. The Balaban J connectivity index is 2.06. The number of amides is 2. The minimum absolute atomic E-state index is 0.183. The number of carbonyl (C=O) groups excluding carboxylic acids is 1. The summed E-state index contributed by atoms with van der Waals surface area (Å²) < 4.78 is 18.3. The summed E-state index contributed by atoms with van der Waals surface area (Å²) in [4.78, 5) is 13.6. The van der Waals surface area contributed by atoms with Crippen molar-refractivity contribution in [1.82, 2.24) is 4.90 Å². The lowest BCUT2D eigenvalue weighted by molar-refractivity contribution is 0.0463. The van der Waals surface area contributed by atoms with Crippen LogP contribution >= 0.6 is 0 Å². The van der Waals surface area contributed by atoms with Crippen molar-refractivity contribution in [2.75, 3.05) is 25.5 Å². The smallest absolute Gasteiger partial charge is 0.322 e. The number of rotatable bonds is 2. The van der Waals surface area contributed by atoms with Gasteiger partial charge in [0.1, 0.15) is 11.6 Å². The molecule has 1 fully saturated rings. The first kappa shape index (κ1) is 14.6. The molecule has 0 saturated carbocycles. The number of β-amino-alcohol motifs (C(OH)–C–C–N with tert-alkyl or cyclic N) is 1. The van der Waals surface area contributed by atoms with E-state index in [1.807, 2.05) is 6.92 Å². The van der Waals surface area contributed by atoms with E-state index in [9.17, 15) is 14.3 Å².